The van der Waals surface area contributed by atoms with Gasteiger partial charge in [-0.25, -0.2) is 8.42 Å². The normalized spacial score (nSPS) is 14.7. The number of piperidine rings is 1. The van der Waals surface area contributed by atoms with E-state index in [4.69, 9.17) is 4.74 Å². The number of aliphatic hydroxyl groups excluding tert-OH is 1. The van der Waals surface area contributed by atoms with Crippen LogP contribution in [-0.4, -0.2) is 66.2 Å². The summed E-state index contributed by atoms with van der Waals surface area (Å²) in [5.41, 5.74) is 2.56. The van der Waals surface area contributed by atoms with Crippen LogP contribution >= 0.6 is 0 Å². The van der Waals surface area contributed by atoms with Crippen molar-refractivity contribution >= 4 is 49.7 Å². The molecule has 1 aliphatic heterocycles. The topological polar surface area (TPSA) is 145 Å². The zero-order chi connectivity index (χ0) is 25.3. The average molecular weight is 510 g/mol. The Balaban J connectivity index is 1.46. The van der Waals surface area contributed by atoms with Gasteiger partial charge in [0.2, 0.25) is 5.95 Å². The smallest absolute Gasteiger partial charge is 0.231 e. The number of aromatic nitrogens is 4. The standard InChI is InChI=1S/C24H27N7O4S/c1-35-20-13-15(31-11-9-16(32)10-12-31)7-8-18(20)27-24-28-22(17-14-25-30-23(17)29-24)26-19-5-3-4-6-21(19)36(2,33)34/h3-8,13-14,16,32H,9-12H2,1-2H3,(H3,25,26,27,28,29,30). The molecule has 12 heteroatoms. The number of H-pyrrole nitrogens is 1. The Morgan fingerprint density at radius 2 is 1.86 bits per heavy atom. The maximum atomic E-state index is 12.3. The van der Waals surface area contributed by atoms with E-state index in [0.29, 0.717) is 34.0 Å². The lowest BCUT2D eigenvalue weighted by Crippen LogP contribution is -2.35. The van der Waals surface area contributed by atoms with Gasteiger partial charge in [-0.05, 0) is 37.1 Å². The third-order valence-corrected chi connectivity index (χ3v) is 7.27. The first kappa shape index (κ1) is 23.8. The summed E-state index contributed by atoms with van der Waals surface area (Å²) in [6, 6.07) is 12.5. The quantitative estimate of drug-likeness (QED) is 0.293. The van der Waals surface area contributed by atoms with E-state index in [2.05, 4.69) is 35.7 Å². The molecule has 0 spiro atoms. The number of para-hydroxylation sites is 1. The van der Waals surface area contributed by atoms with Crippen molar-refractivity contribution < 1.29 is 18.3 Å². The van der Waals surface area contributed by atoms with E-state index in [0.717, 1.165) is 37.9 Å². The summed E-state index contributed by atoms with van der Waals surface area (Å²) in [6.45, 7) is 1.56. The summed E-state index contributed by atoms with van der Waals surface area (Å²) in [4.78, 5) is 11.5. The Kier molecular flexibility index (Phi) is 6.37. The summed E-state index contributed by atoms with van der Waals surface area (Å²) in [6.07, 6.45) is 3.97. The van der Waals surface area contributed by atoms with E-state index in [1.165, 1.54) is 0 Å². The zero-order valence-corrected chi connectivity index (χ0v) is 20.7. The molecule has 188 valence electrons. The molecule has 5 rings (SSSR count). The van der Waals surface area contributed by atoms with Gasteiger partial charge in [0.25, 0.3) is 0 Å². The van der Waals surface area contributed by atoms with Gasteiger partial charge in [-0.1, -0.05) is 12.1 Å². The lowest BCUT2D eigenvalue weighted by molar-refractivity contribution is 0.145. The van der Waals surface area contributed by atoms with Crippen LogP contribution in [0.2, 0.25) is 0 Å². The number of benzene rings is 2. The van der Waals surface area contributed by atoms with Crippen molar-refractivity contribution in [3.63, 3.8) is 0 Å². The summed E-state index contributed by atoms with van der Waals surface area (Å²) >= 11 is 0. The van der Waals surface area contributed by atoms with Gasteiger partial charge >= 0.3 is 0 Å². The molecule has 0 radical (unpaired) electrons. The fourth-order valence-electron chi connectivity index (χ4n) is 4.23. The van der Waals surface area contributed by atoms with Crippen LogP contribution in [0.15, 0.2) is 53.6 Å². The molecule has 2 aromatic heterocycles. The minimum atomic E-state index is -3.46. The van der Waals surface area contributed by atoms with Crippen LogP contribution in [0, 0.1) is 0 Å². The SMILES string of the molecule is COc1cc(N2CCC(O)CC2)ccc1Nc1nc(Nc2ccccc2S(C)(=O)=O)c2cn[nH]c2n1. The predicted molar refractivity (Wildman–Crippen MR) is 138 cm³/mol. The first-order chi connectivity index (χ1) is 17.3. The van der Waals surface area contributed by atoms with Crippen LogP contribution in [0.25, 0.3) is 11.0 Å². The highest BCUT2D eigenvalue weighted by molar-refractivity contribution is 7.90. The molecule has 36 heavy (non-hydrogen) atoms. The number of nitrogens with one attached hydrogen (secondary N) is 3. The highest BCUT2D eigenvalue weighted by atomic mass is 32.2. The highest BCUT2D eigenvalue weighted by Gasteiger charge is 2.20. The molecule has 1 aliphatic rings. The zero-order valence-electron chi connectivity index (χ0n) is 19.9. The molecular formula is C24H27N7O4S. The minimum Gasteiger partial charge on any atom is -0.494 e. The van der Waals surface area contributed by atoms with Gasteiger partial charge in [-0.2, -0.15) is 15.1 Å². The van der Waals surface area contributed by atoms with Crippen LogP contribution in [0.3, 0.4) is 0 Å². The number of anilines is 5. The maximum absolute atomic E-state index is 12.3. The van der Waals surface area contributed by atoms with Gasteiger partial charge in [0.05, 0.1) is 41.1 Å². The number of ether oxygens (including phenoxy) is 1. The van der Waals surface area contributed by atoms with Crippen molar-refractivity contribution in [3.8, 4) is 5.75 Å². The van der Waals surface area contributed by atoms with E-state index >= 15 is 0 Å². The van der Waals surface area contributed by atoms with Crippen LogP contribution in [0.4, 0.5) is 28.8 Å². The number of aromatic amines is 1. The number of aliphatic hydroxyl groups is 1. The first-order valence-corrected chi connectivity index (χ1v) is 13.4. The molecule has 0 atom stereocenters. The molecule has 1 fully saturated rings. The molecule has 2 aromatic carbocycles. The second kappa shape index (κ2) is 9.63. The average Bonchev–Trinajstić information content (AvgIpc) is 3.34. The van der Waals surface area contributed by atoms with Crippen molar-refractivity contribution in [3.05, 3.63) is 48.7 Å². The van der Waals surface area contributed by atoms with Crippen molar-refractivity contribution in [2.75, 3.05) is 42.0 Å². The Morgan fingerprint density at radius 1 is 1.08 bits per heavy atom. The summed E-state index contributed by atoms with van der Waals surface area (Å²) in [5.74, 6) is 1.29. The fourth-order valence-corrected chi connectivity index (χ4v) is 5.08. The molecule has 0 bridgehead atoms. The van der Waals surface area contributed by atoms with Gasteiger partial charge < -0.3 is 25.4 Å². The fraction of sp³-hybridized carbons (Fsp3) is 0.292. The van der Waals surface area contributed by atoms with E-state index < -0.39 is 9.84 Å². The lowest BCUT2D eigenvalue weighted by Gasteiger charge is -2.31. The van der Waals surface area contributed by atoms with Crippen molar-refractivity contribution in [1.29, 1.82) is 0 Å². The number of sulfone groups is 1. The summed E-state index contributed by atoms with van der Waals surface area (Å²) in [7, 11) is -1.86. The number of methoxy groups -OCH3 is 1. The Morgan fingerprint density at radius 3 is 2.61 bits per heavy atom. The largest absolute Gasteiger partial charge is 0.494 e. The predicted octanol–water partition coefficient (Wildman–Crippen LogP) is 3.21. The third-order valence-electron chi connectivity index (χ3n) is 6.11. The van der Waals surface area contributed by atoms with Gasteiger partial charge in [0.15, 0.2) is 15.5 Å². The number of fused-ring (bicyclic) bond motifs is 1. The molecule has 4 aromatic rings. The van der Waals surface area contributed by atoms with E-state index in [-0.39, 0.29) is 16.9 Å². The Bertz CT molecular complexity index is 1500. The van der Waals surface area contributed by atoms with E-state index in [1.54, 1.807) is 37.6 Å². The van der Waals surface area contributed by atoms with Crippen molar-refractivity contribution in [1.82, 2.24) is 20.2 Å². The van der Waals surface area contributed by atoms with Gasteiger partial charge in [0.1, 0.15) is 11.6 Å². The highest BCUT2D eigenvalue weighted by Crippen LogP contribution is 2.34. The van der Waals surface area contributed by atoms with E-state index in [9.17, 15) is 13.5 Å². The van der Waals surface area contributed by atoms with Crippen LogP contribution in [0.1, 0.15) is 12.8 Å². The van der Waals surface area contributed by atoms with Crippen LogP contribution < -0.4 is 20.3 Å². The molecule has 1 saturated heterocycles. The molecular weight excluding hydrogens is 482 g/mol. The molecule has 4 N–H and O–H groups in total. The molecule has 0 unspecified atom stereocenters. The molecule has 0 saturated carbocycles. The van der Waals surface area contributed by atoms with Crippen molar-refractivity contribution in [2.24, 2.45) is 0 Å². The Hall–Kier alpha value is -3.90. The van der Waals surface area contributed by atoms with Crippen LogP contribution in [-0.2, 0) is 9.84 Å². The monoisotopic (exact) mass is 509 g/mol. The first-order valence-electron chi connectivity index (χ1n) is 11.5. The van der Waals surface area contributed by atoms with Crippen molar-refractivity contribution in [2.45, 2.75) is 23.8 Å². The molecule has 3 heterocycles. The number of rotatable bonds is 7. The van der Waals surface area contributed by atoms with Gasteiger partial charge in [-0.15, -0.1) is 0 Å². The second-order valence-electron chi connectivity index (χ2n) is 8.65. The van der Waals surface area contributed by atoms with Gasteiger partial charge in [0, 0.05) is 31.1 Å². The number of nitrogens with zero attached hydrogens (tertiary/aromatic N) is 4. The number of hydrogen-bond donors (Lipinski definition) is 4. The summed E-state index contributed by atoms with van der Waals surface area (Å²) in [5, 5.41) is 23.6. The minimum absolute atomic E-state index is 0.164. The Labute approximate surface area is 208 Å². The summed E-state index contributed by atoms with van der Waals surface area (Å²) < 4.78 is 30.1. The van der Waals surface area contributed by atoms with Crippen LogP contribution in [0.5, 0.6) is 5.75 Å². The molecule has 0 aliphatic carbocycles. The lowest BCUT2D eigenvalue weighted by atomic mass is 10.1. The van der Waals surface area contributed by atoms with Gasteiger partial charge in [-0.3, -0.25) is 5.10 Å². The molecule has 11 nitrogen and oxygen atoms in total. The second-order valence-corrected chi connectivity index (χ2v) is 10.6. The maximum Gasteiger partial charge on any atom is 0.231 e. The van der Waals surface area contributed by atoms with E-state index in [1.807, 2.05) is 18.2 Å². The number of hydrogen-bond acceptors (Lipinski definition) is 10. The molecule has 0 amide bonds. The third kappa shape index (κ3) is 4.90.